The van der Waals surface area contributed by atoms with E-state index >= 15 is 0 Å². The number of hydrogen-bond acceptors (Lipinski definition) is 4. The predicted octanol–water partition coefficient (Wildman–Crippen LogP) is 3.03. The summed E-state index contributed by atoms with van der Waals surface area (Å²) in [5, 5.41) is 7.07. The first-order valence-electron chi connectivity index (χ1n) is 11.7. The maximum absolute atomic E-state index is 5.54. The van der Waals surface area contributed by atoms with Crippen LogP contribution in [0.5, 0.6) is 0 Å². The van der Waals surface area contributed by atoms with Gasteiger partial charge in [0.25, 0.3) is 0 Å². The van der Waals surface area contributed by atoms with Crippen molar-refractivity contribution in [2.75, 3.05) is 65.6 Å². The van der Waals surface area contributed by atoms with Gasteiger partial charge in [-0.1, -0.05) is 20.8 Å². The number of nitrogens with zero attached hydrogens (tertiary/aromatic N) is 3. The average Bonchev–Trinajstić information content (AvgIpc) is 2.70. The van der Waals surface area contributed by atoms with Gasteiger partial charge in [-0.25, -0.2) is 0 Å². The molecular formula is C22H46IN5O. The summed E-state index contributed by atoms with van der Waals surface area (Å²) in [6.45, 7) is 19.4. The first-order chi connectivity index (χ1) is 13.6. The van der Waals surface area contributed by atoms with Crippen LogP contribution in [0.4, 0.5) is 0 Å². The van der Waals surface area contributed by atoms with E-state index in [9.17, 15) is 0 Å². The largest absolute Gasteiger partial charge is 0.379 e. The number of nitrogens with one attached hydrogen (secondary N) is 2. The van der Waals surface area contributed by atoms with Crippen molar-refractivity contribution >= 4 is 29.9 Å². The van der Waals surface area contributed by atoms with Crippen LogP contribution in [-0.2, 0) is 4.74 Å². The molecule has 0 amide bonds. The molecule has 0 aliphatic carbocycles. The third kappa shape index (κ3) is 10.6. The Balaban J connectivity index is 0.00000420. The van der Waals surface area contributed by atoms with Crippen molar-refractivity contribution in [3.63, 3.8) is 0 Å². The van der Waals surface area contributed by atoms with Crippen molar-refractivity contribution in [1.82, 2.24) is 20.4 Å². The molecule has 2 fully saturated rings. The number of hydrogen-bond donors (Lipinski definition) is 2. The van der Waals surface area contributed by atoms with Gasteiger partial charge in [0, 0.05) is 32.2 Å². The van der Waals surface area contributed by atoms with Crippen LogP contribution < -0.4 is 10.6 Å². The van der Waals surface area contributed by atoms with Gasteiger partial charge in [0.2, 0.25) is 0 Å². The summed E-state index contributed by atoms with van der Waals surface area (Å²) in [5.74, 6) is 2.44. The number of morpholine rings is 1. The van der Waals surface area contributed by atoms with Crippen LogP contribution in [0.1, 0.15) is 53.4 Å². The Morgan fingerprint density at radius 3 is 2.34 bits per heavy atom. The second kappa shape index (κ2) is 15.6. The fourth-order valence-electron chi connectivity index (χ4n) is 4.34. The molecule has 0 bridgehead atoms. The van der Waals surface area contributed by atoms with E-state index in [2.05, 4.69) is 48.1 Å². The van der Waals surface area contributed by atoms with Crippen molar-refractivity contribution in [3.8, 4) is 0 Å². The Morgan fingerprint density at radius 1 is 1.07 bits per heavy atom. The van der Waals surface area contributed by atoms with Gasteiger partial charge in [-0.15, -0.1) is 24.0 Å². The van der Waals surface area contributed by atoms with Crippen LogP contribution in [0.25, 0.3) is 0 Å². The zero-order valence-corrected chi connectivity index (χ0v) is 21.6. The number of rotatable bonds is 10. The summed E-state index contributed by atoms with van der Waals surface area (Å²) in [7, 11) is 0. The highest BCUT2D eigenvalue weighted by atomic mass is 127. The predicted molar refractivity (Wildman–Crippen MR) is 134 cm³/mol. The Labute approximate surface area is 196 Å². The molecule has 2 N–H and O–H groups in total. The SMILES string of the molecule is CCCN1CCC(CNC(=NCC(CC(C)C)N2CCOCC2)NCC)CC1.I. The molecule has 0 radical (unpaired) electrons. The molecule has 172 valence electrons. The number of aliphatic imine (C=N–C) groups is 1. The third-order valence-corrected chi connectivity index (χ3v) is 5.92. The average molecular weight is 524 g/mol. The van der Waals surface area contributed by atoms with E-state index in [-0.39, 0.29) is 24.0 Å². The van der Waals surface area contributed by atoms with E-state index in [4.69, 9.17) is 9.73 Å². The van der Waals surface area contributed by atoms with Gasteiger partial charge in [-0.2, -0.15) is 0 Å². The number of piperidine rings is 1. The fraction of sp³-hybridized carbons (Fsp3) is 0.955. The number of guanidine groups is 1. The lowest BCUT2D eigenvalue weighted by atomic mass is 9.97. The van der Waals surface area contributed by atoms with Crippen LogP contribution in [0.2, 0.25) is 0 Å². The summed E-state index contributed by atoms with van der Waals surface area (Å²) in [5.41, 5.74) is 0. The van der Waals surface area contributed by atoms with Crippen molar-refractivity contribution < 1.29 is 4.74 Å². The molecule has 2 aliphatic heterocycles. The Bertz CT molecular complexity index is 435. The molecular weight excluding hydrogens is 477 g/mol. The zero-order valence-electron chi connectivity index (χ0n) is 19.3. The van der Waals surface area contributed by atoms with Gasteiger partial charge in [0.05, 0.1) is 19.8 Å². The molecule has 29 heavy (non-hydrogen) atoms. The molecule has 2 heterocycles. The lowest BCUT2D eigenvalue weighted by Crippen LogP contribution is -2.47. The van der Waals surface area contributed by atoms with Crippen LogP contribution in [0.15, 0.2) is 4.99 Å². The van der Waals surface area contributed by atoms with Crippen LogP contribution in [0, 0.1) is 11.8 Å². The molecule has 2 aliphatic rings. The number of likely N-dealkylation sites (tertiary alicyclic amines) is 1. The summed E-state index contributed by atoms with van der Waals surface area (Å²) < 4.78 is 5.54. The van der Waals surface area contributed by atoms with E-state index in [0.29, 0.717) is 12.0 Å². The second-order valence-corrected chi connectivity index (χ2v) is 8.82. The molecule has 0 aromatic rings. The molecule has 1 unspecified atom stereocenters. The first-order valence-corrected chi connectivity index (χ1v) is 11.7. The summed E-state index contributed by atoms with van der Waals surface area (Å²) in [6, 6.07) is 0.511. The van der Waals surface area contributed by atoms with Gasteiger partial charge in [-0.3, -0.25) is 9.89 Å². The number of halogens is 1. The molecule has 2 saturated heterocycles. The molecule has 0 aromatic carbocycles. The maximum atomic E-state index is 5.54. The normalized spacial score (nSPS) is 21.1. The van der Waals surface area contributed by atoms with E-state index in [1.54, 1.807) is 0 Å². The van der Waals surface area contributed by atoms with Crippen molar-refractivity contribution in [2.45, 2.75) is 59.4 Å². The highest BCUT2D eigenvalue weighted by Crippen LogP contribution is 2.17. The topological polar surface area (TPSA) is 52.1 Å². The highest BCUT2D eigenvalue weighted by Gasteiger charge is 2.22. The molecule has 0 aromatic heterocycles. The summed E-state index contributed by atoms with van der Waals surface area (Å²) in [4.78, 5) is 10.1. The molecule has 6 nitrogen and oxygen atoms in total. The van der Waals surface area contributed by atoms with Crippen molar-refractivity contribution in [1.29, 1.82) is 0 Å². The monoisotopic (exact) mass is 523 g/mol. The van der Waals surface area contributed by atoms with Gasteiger partial charge < -0.3 is 20.3 Å². The molecule has 2 rings (SSSR count). The van der Waals surface area contributed by atoms with Gasteiger partial charge in [0.15, 0.2) is 5.96 Å². The van der Waals surface area contributed by atoms with Crippen LogP contribution in [-0.4, -0.2) is 87.4 Å². The Morgan fingerprint density at radius 2 is 1.76 bits per heavy atom. The number of ether oxygens (including phenoxy) is 1. The van der Waals surface area contributed by atoms with Gasteiger partial charge in [-0.05, 0) is 64.1 Å². The Hall–Kier alpha value is -0.120. The maximum Gasteiger partial charge on any atom is 0.191 e. The third-order valence-electron chi connectivity index (χ3n) is 5.92. The van der Waals surface area contributed by atoms with E-state index in [1.165, 1.54) is 45.3 Å². The second-order valence-electron chi connectivity index (χ2n) is 8.82. The molecule has 0 saturated carbocycles. The lowest BCUT2D eigenvalue weighted by molar-refractivity contribution is 0.0143. The minimum Gasteiger partial charge on any atom is -0.379 e. The van der Waals surface area contributed by atoms with Crippen molar-refractivity contribution in [2.24, 2.45) is 16.8 Å². The summed E-state index contributed by atoms with van der Waals surface area (Å²) in [6.07, 6.45) is 5.06. The first kappa shape index (κ1) is 26.9. The van der Waals surface area contributed by atoms with Crippen molar-refractivity contribution in [3.05, 3.63) is 0 Å². The summed E-state index contributed by atoms with van der Waals surface area (Å²) >= 11 is 0. The van der Waals surface area contributed by atoms with E-state index < -0.39 is 0 Å². The molecule has 7 heteroatoms. The quantitative estimate of drug-likeness (QED) is 0.262. The van der Waals surface area contributed by atoms with Gasteiger partial charge >= 0.3 is 0 Å². The highest BCUT2D eigenvalue weighted by molar-refractivity contribution is 14.0. The standard InChI is InChI=1S/C22H45N5O.HI/c1-5-9-26-10-7-20(8-11-26)17-24-22(23-6-2)25-18-21(16-19(3)4)27-12-14-28-15-13-27;/h19-21H,5-18H2,1-4H3,(H2,23,24,25);1H. The van der Waals surface area contributed by atoms with Gasteiger partial charge in [0.1, 0.15) is 0 Å². The molecule has 0 spiro atoms. The smallest absolute Gasteiger partial charge is 0.191 e. The van der Waals surface area contributed by atoms with E-state index in [1.807, 2.05) is 0 Å². The van der Waals surface area contributed by atoms with Crippen LogP contribution in [0.3, 0.4) is 0 Å². The zero-order chi connectivity index (χ0) is 20.2. The Kier molecular flexibility index (Phi) is 14.5. The minimum atomic E-state index is 0. The lowest BCUT2D eigenvalue weighted by Gasteiger charge is -2.35. The fourth-order valence-corrected chi connectivity index (χ4v) is 4.34. The minimum absolute atomic E-state index is 0. The molecule has 1 atom stereocenters. The van der Waals surface area contributed by atoms with Crippen LogP contribution >= 0.6 is 24.0 Å². The van der Waals surface area contributed by atoms with E-state index in [0.717, 1.165) is 57.8 Å².